The van der Waals surface area contributed by atoms with E-state index in [0.29, 0.717) is 0 Å². The van der Waals surface area contributed by atoms with Gasteiger partial charge in [-0.05, 0) is 49.6 Å². The predicted octanol–water partition coefficient (Wildman–Crippen LogP) is 3.72. The molecule has 0 heterocycles. The van der Waals surface area contributed by atoms with Crippen molar-refractivity contribution in [3.05, 3.63) is 64.7 Å². The molecule has 0 bridgehead atoms. The summed E-state index contributed by atoms with van der Waals surface area (Å²) in [6, 6.07) is 13.8. The van der Waals surface area contributed by atoms with E-state index in [-0.39, 0.29) is 6.61 Å². The lowest BCUT2D eigenvalue weighted by molar-refractivity contribution is 0.108. The second-order valence-corrected chi connectivity index (χ2v) is 4.98. The fourth-order valence-corrected chi connectivity index (χ4v) is 1.86. The first kappa shape index (κ1) is 13.6. The Morgan fingerprint density at radius 2 is 1.63 bits per heavy atom. The Bertz CT molecular complexity index is 544. The molecular weight excluding hydrogens is 236 g/mol. The summed E-state index contributed by atoms with van der Waals surface area (Å²) in [4.78, 5) is 0. The van der Waals surface area contributed by atoms with Crippen molar-refractivity contribution in [3.8, 4) is 5.75 Å². The number of hydrogen-bond acceptors (Lipinski definition) is 2. The molecule has 0 aliphatic heterocycles. The number of ether oxygens (including phenoxy) is 1. The van der Waals surface area contributed by atoms with Gasteiger partial charge in [-0.3, -0.25) is 0 Å². The third-order valence-electron chi connectivity index (χ3n) is 3.35. The van der Waals surface area contributed by atoms with Crippen LogP contribution in [-0.2, 0) is 0 Å². The maximum absolute atomic E-state index is 10.1. The Hall–Kier alpha value is -1.80. The smallest absolute Gasteiger partial charge is 0.119 e. The van der Waals surface area contributed by atoms with Gasteiger partial charge in [0.25, 0.3) is 0 Å². The van der Waals surface area contributed by atoms with Gasteiger partial charge >= 0.3 is 0 Å². The molecule has 0 aliphatic carbocycles. The van der Waals surface area contributed by atoms with E-state index in [0.717, 1.165) is 11.3 Å². The summed E-state index contributed by atoms with van der Waals surface area (Å²) in [5, 5.41) is 10.1. The van der Waals surface area contributed by atoms with Crippen LogP contribution in [-0.4, -0.2) is 11.7 Å². The molecule has 1 unspecified atom stereocenters. The Kier molecular flexibility index (Phi) is 4.23. The van der Waals surface area contributed by atoms with Gasteiger partial charge in [-0.1, -0.05) is 35.9 Å². The van der Waals surface area contributed by atoms with Crippen molar-refractivity contribution >= 4 is 0 Å². The summed E-state index contributed by atoms with van der Waals surface area (Å²) < 4.78 is 5.64. The van der Waals surface area contributed by atoms with Crippen molar-refractivity contribution in [2.45, 2.75) is 26.9 Å². The normalized spacial score (nSPS) is 12.2. The lowest BCUT2D eigenvalue weighted by atomic mass is 10.1. The van der Waals surface area contributed by atoms with Crippen molar-refractivity contribution in [1.29, 1.82) is 0 Å². The van der Waals surface area contributed by atoms with Crippen molar-refractivity contribution in [1.82, 2.24) is 0 Å². The molecule has 0 radical (unpaired) electrons. The van der Waals surface area contributed by atoms with Gasteiger partial charge in [-0.15, -0.1) is 0 Å². The highest BCUT2D eigenvalue weighted by molar-refractivity contribution is 5.34. The molecule has 0 fully saturated rings. The number of aliphatic hydroxyl groups is 1. The average molecular weight is 256 g/mol. The Morgan fingerprint density at radius 1 is 0.947 bits per heavy atom. The zero-order valence-electron chi connectivity index (χ0n) is 11.7. The van der Waals surface area contributed by atoms with Crippen molar-refractivity contribution in [2.75, 3.05) is 6.61 Å². The lowest BCUT2D eigenvalue weighted by Gasteiger charge is -2.13. The number of benzene rings is 2. The molecule has 2 rings (SSSR count). The molecule has 2 aromatic carbocycles. The van der Waals surface area contributed by atoms with Crippen LogP contribution in [0, 0.1) is 20.8 Å². The van der Waals surface area contributed by atoms with Crippen molar-refractivity contribution in [2.24, 2.45) is 0 Å². The van der Waals surface area contributed by atoms with Gasteiger partial charge in [0.05, 0.1) is 0 Å². The van der Waals surface area contributed by atoms with Crippen molar-refractivity contribution in [3.63, 3.8) is 0 Å². The summed E-state index contributed by atoms with van der Waals surface area (Å²) in [5.74, 6) is 0.800. The van der Waals surface area contributed by atoms with Crippen LogP contribution in [0.2, 0.25) is 0 Å². The molecule has 0 aliphatic rings. The van der Waals surface area contributed by atoms with Gasteiger partial charge in [0.2, 0.25) is 0 Å². The minimum absolute atomic E-state index is 0.269. The SMILES string of the molecule is Cc1ccc(C(O)COc2ccc(C)c(C)c2)cc1. The van der Waals surface area contributed by atoms with E-state index in [1.54, 1.807) is 0 Å². The molecule has 2 aromatic rings. The molecule has 0 amide bonds. The first-order valence-corrected chi connectivity index (χ1v) is 6.51. The molecule has 19 heavy (non-hydrogen) atoms. The number of aryl methyl sites for hydroxylation is 3. The zero-order chi connectivity index (χ0) is 13.8. The van der Waals surface area contributed by atoms with Gasteiger partial charge in [0.15, 0.2) is 0 Å². The van der Waals surface area contributed by atoms with E-state index < -0.39 is 6.10 Å². The molecule has 1 atom stereocenters. The minimum Gasteiger partial charge on any atom is -0.491 e. The maximum Gasteiger partial charge on any atom is 0.119 e. The van der Waals surface area contributed by atoms with Gasteiger partial charge in [0, 0.05) is 0 Å². The quantitative estimate of drug-likeness (QED) is 0.903. The molecule has 2 heteroatoms. The molecule has 100 valence electrons. The van der Waals surface area contributed by atoms with Crippen LogP contribution in [0.15, 0.2) is 42.5 Å². The van der Waals surface area contributed by atoms with E-state index in [1.807, 2.05) is 49.4 Å². The fraction of sp³-hybridized carbons (Fsp3) is 0.294. The van der Waals surface area contributed by atoms with Crippen LogP contribution in [0.4, 0.5) is 0 Å². The Balaban J connectivity index is 1.98. The minimum atomic E-state index is -0.595. The molecule has 2 nitrogen and oxygen atoms in total. The summed E-state index contributed by atoms with van der Waals surface area (Å²) in [6.07, 6.45) is -0.595. The Morgan fingerprint density at radius 3 is 2.26 bits per heavy atom. The van der Waals surface area contributed by atoms with Gasteiger partial charge in [0.1, 0.15) is 18.5 Å². The van der Waals surface area contributed by atoms with Crippen LogP contribution >= 0.6 is 0 Å². The monoisotopic (exact) mass is 256 g/mol. The third-order valence-corrected chi connectivity index (χ3v) is 3.35. The van der Waals surface area contributed by atoms with Gasteiger partial charge in [-0.25, -0.2) is 0 Å². The standard InChI is InChI=1S/C17H20O2/c1-12-4-7-15(8-5-12)17(18)11-19-16-9-6-13(2)14(3)10-16/h4-10,17-18H,11H2,1-3H3. The summed E-state index contributed by atoms with van der Waals surface area (Å²) in [7, 11) is 0. The third kappa shape index (κ3) is 3.58. The van der Waals surface area contributed by atoms with E-state index in [9.17, 15) is 5.11 Å². The topological polar surface area (TPSA) is 29.5 Å². The summed E-state index contributed by atoms with van der Waals surface area (Å²) in [6.45, 7) is 6.42. The second kappa shape index (κ2) is 5.89. The predicted molar refractivity (Wildman–Crippen MR) is 77.5 cm³/mol. The molecule has 0 saturated carbocycles. The molecular formula is C17H20O2. The van der Waals surface area contributed by atoms with E-state index in [4.69, 9.17) is 4.74 Å². The maximum atomic E-state index is 10.1. The second-order valence-electron chi connectivity index (χ2n) is 4.98. The average Bonchev–Trinajstić information content (AvgIpc) is 2.40. The van der Waals surface area contributed by atoms with E-state index in [2.05, 4.69) is 13.8 Å². The first-order valence-electron chi connectivity index (χ1n) is 6.51. The lowest BCUT2D eigenvalue weighted by Crippen LogP contribution is -2.09. The number of rotatable bonds is 4. The van der Waals surface area contributed by atoms with Gasteiger partial charge in [-0.2, -0.15) is 0 Å². The largest absolute Gasteiger partial charge is 0.491 e. The fourth-order valence-electron chi connectivity index (χ4n) is 1.86. The van der Waals surface area contributed by atoms with Crippen LogP contribution in [0.25, 0.3) is 0 Å². The summed E-state index contributed by atoms with van der Waals surface area (Å²) >= 11 is 0. The molecule has 0 saturated heterocycles. The van der Waals surface area contributed by atoms with Crippen LogP contribution in [0.5, 0.6) is 5.75 Å². The summed E-state index contributed by atoms with van der Waals surface area (Å²) in [5.41, 5.74) is 4.51. The first-order chi connectivity index (χ1) is 9.06. The van der Waals surface area contributed by atoms with Crippen LogP contribution in [0.1, 0.15) is 28.4 Å². The number of hydrogen-bond donors (Lipinski definition) is 1. The molecule has 1 N–H and O–H groups in total. The van der Waals surface area contributed by atoms with Crippen molar-refractivity contribution < 1.29 is 9.84 Å². The highest BCUT2D eigenvalue weighted by Gasteiger charge is 2.08. The molecule has 0 aromatic heterocycles. The Labute approximate surface area is 114 Å². The van der Waals surface area contributed by atoms with E-state index >= 15 is 0 Å². The van der Waals surface area contributed by atoms with Gasteiger partial charge < -0.3 is 9.84 Å². The van der Waals surface area contributed by atoms with Crippen LogP contribution < -0.4 is 4.74 Å². The highest BCUT2D eigenvalue weighted by atomic mass is 16.5. The number of aliphatic hydroxyl groups excluding tert-OH is 1. The highest BCUT2D eigenvalue weighted by Crippen LogP contribution is 2.19. The zero-order valence-corrected chi connectivity index (χ0v) is 11.7. The molecule has 0 spiro atoms. The van der Waals surface area contributed by atoms with Crippen LogP contribution in [0.3, 0.4) is 0 Å². The van der Waals surface area contributed by atoms with E-state index in [1.165, 1.54) is 16.7 Å².